The molecule has 1 fully saturated rings. The van der Waals surface area contributed by atoms with Gasteiger partial charge in [0.15, 0.2) is 5.96 Å². The van der Waals surface area contributed by atoms with E-state index >= 15 is 0 Å². The van der Waals surface area contributed by atoms with Crippen LogP contribution in [0.3, 0.4) is 0 Å². The molecule has 0 amide bonds. The highest BCUT2D eigenvalue weighted by molar-refractivity contribution is 14.0. The minimum Gasteiger partial charge on any atom is -0.469 e. The third-order valence-electron chi connectivity index (χ3n) is 4.60. The van der Waals surface area contributed by atoms with E-state index in [1.54, 1.807) is 0 Å². The zero-order valence-electron chi connectivity index (χ0n) is 15.7. The molecule has 1 rings (SSSR count). The molecular formula is C18H36IN3O2. The number of nitrogens with one attached hydrogen (secondary N) is 1. The molecule has 1 heterocycles. The SMILES string of the molecule is CCCCCCCCCNC(=NC)N1CCC(C(=O)OC)CC1.I. The highest BCUT2D eigenvalue weighted by atomic mass is 127. The lowest BCUT2D eigenvalue weighted by atomic mass is 9.97. The number of carbonyl (C=O) groups is 1. The van der Waals surface area contributed by atoms with Crippen LogP contribution in [0.15, 0.2) is 4.99 Å². The number of halogens is 1. The Morgan fingerprint density at radius 1 is 1.12 bits per heavy atom. The first-order valence-corrected chi connectivity index (χ1v) is 9.26. The third-order valence-corrected chi connectivity index (χ3v) is 4.60. The van der Waals surface area contributed by atoms with Crippen LogP contribution >= 0.6 is 24.0 Å². The van der Waals surface area contributed by atoms with Gasteiger partial charge in [-0.2, -0.15) is 0 Å². The lowest BCUT2D eigenvalue weighted by molar-refractivity contribution is -0.146. The van der Waals surface area contributed by atoms with Gasteiger partial charge in [0.25, 0.3) is 0 Å². The second kappa shape index (κ2) is 14.8. The number of nitrogens with zero attached hydrogens (tertiary/aromatic N) is 2. The van der Waals surface area contributed by atoms with E-state index in [2.05, 4.69) is 22.1 Å². The van der Waals surface area contributed by atoms with Gasteiger partial charge in [-0.3, -0.25) is 9.79 Å². The molecule has 24 heavy (non-hydrogen) atoms. The van der Waals surface area contributed by atoms with E-state index in [0.717, 1.165) is 38.4 Å². The van der Waals surface area contributed by atoms with E-state index in [0.29, 0.717) is 0 Å². The molecular weight excluding hydrogens is 417 g/mol. The van der Waals surface area contributed by atoms with Crippen LogP contribution in [0.1, 0.15) is 64.7 Å². The quantitative estimate of drug-likeness (QED) is 0.190. The predicted molar refractivity (Wildman–Crippen MR) is 111 cm³/mol. The Balaban J connectivity index is 0.00000529. The van der Waals surface area contributed by atoms with Gasteiger partial charge in [-0.1, -0.05) is 45.4 Å². The van der Waals surface area contributed by atoms with E-state index in [4.69, 9.17) is 4.74 Å². The van der Waals surface area contributed by atoms with E-state index in [1.165, 1.54) is 52.1 Å². The maximum absolute atomic E-state index is 11.6. The number of piperidine rings is 1. The number of carbonyl (C=O) groups excluding carboxylic acids is 1. The molecule has 6 heteroatoms. The summed E-state index contributed by atoms with van der Waals surface area (Å²) in [7, 11) is 3.30. The van der Waals surface area contributed by atoms with Crippen molar-refractivity contribution in [2.24, 2.45) is 10.9 Å². The highest BCUT2D eigenvalue weighted by Crippen LogP contribution is 2.18. The fraction of sp³-hybridized carbons (Fsp3) is 0.889. The van der Waals surface area contributed by atoms with Crippen LogP contribution in [0.4, 0.5) is 0 Å². The molecule has 1 saturated heterocycles. The summed E-state index contributed by atoms with van der Waals surface area (Å²) in [5, 5.41) is 3.46. The number of ether oxygens (including phenoxy) is 1. The fourth-order valence-corrected chi connectivity index (χ4v) is 3.11. The average Bonchev–Trinajstić information content (AvgIpc) is 2.60. The van der Waals surface area contributed by atoms with Crippen LogP contribution in [0.2, 0.25) is 0 Å². The summed E-state index contributed by atoms with van der Waals surface area (Å²) < 4.78 is 4.84. The molecule has 0 spiro atoms. The van der Waals surface area contributed by atoms with E-state index in [1.807, 2.05) is 7.05 Å². The average molecular weight is 453 g/mol. The van der Waals surface area contributed by atoms with Crippen LogP contribution in [-0.4, -0.2) is 50.6 Å². The van der Waals surface area contributed by atoms with Crippen LogP contribution in [0.25, 0.3) is 0 Å². The molecule has 0 aromatic rings. The number of methoxy groups -OCH3 is 1. The summed E-state index contributed by atoms with van der Waals surface area (Å²) in [5.41, 5.74) is 0. The monoisotopic (exact) mass is 453 g/mol. The van der Waals surface area contributed by atoms with Gasteiger partial charge in [-0.25, -0.2) is 0 Å². The lowest BCUT2D eigenvalue weighted by Crippen LogP contribution is -2.46. The van der Waals surface area contributed by atoms with Crippen LogP contribution in [0, 0.1) is 5.92 Å². The molecule has 1 aliphatic rings. The van der Waals surface area contributed by atoms with E-state index in [9.17, 15) is 4.79 Å². The van der Waals surface area contributed by atoms with Crippen molar-refractivity contribution in [3.8, 4) is 0 Å². The summed E-state index contributed by atoms with van der Waals surface area (Å²) in [6, 6.07) is 0. The van der Waals surface area contributed by atoms with Gasteiger partial charge in [0.05, 0.1) is 13.0 Å². The summed E-state index contributed by atoms with van der Waals surface area (Å²) in [6.07, 6.45) is 10.9. The smallest absolute Gasteiger partial charge is 0.308 e. The molecule has 0 aromatic heterocycles. The summed E-state index contributed by atoms with van der Waals surface area (Å²) in [5.74, 6) is 0.951. The Morgan fingerprint density at radius 2 is 1.71 bits per heavy atom. The first-order valence-electron chi connectivity index (χ1n) is 9.26. The van der Waals surface area contributed by atoms with Crippen molar-refractivity contribution in [2.75, 3.05) is 33.8 Å². The van der Waals surface area contributed by atoms with Gasteiger partial charge in [0, 0.05) is 26.7 Å². The van der Waals surface area contributed by atoms with Crippen molar-refractivity contribution in [3.63, 3.8) is 0 Å². The standard InChI is InChI=1S/C18H35N3O2.HI/c1-4-5-6-7-8-9-10-13-20-18(19-2)21-14-11-16(12-15-21)17(22)23-3;/h16H,4-15H2,1-3H3,(H,19,20);1H. The summed E-state index contributed by atoms with van der Waals surface area (Å²) in [4.78, 5) is 18.2. The molecule has 0 bridgehead atoms. The van der Waals surface area contributed by atoms with Crippen molar-refractivity contribution in [1.29, 1.82) is 0 Å². The normalized spacial score (nSPS) is 15.8. The van der Waals surface area contributed by atoms with E-state index in [-0.39, 0.29) is 35.9 Å². The molecule has 0 saturated carbocycles. The second-order valence-electron chi connectivity index (χ2n) is 6.38. The Bertz CT molecular complexity index is 356. The molecule has 1 aliphatic heterocycles. The lowest BCUT2D eigenvalue weighted by Gasteiger charge is -2.33. The van der Waals surface area contributed by atoms with Gasteiger partial charge < -0.3 is 15.0 Å². The molecule has 0 aromatic carbocycles. The van der Waals surface area contributed by atoms with Crippen LogP contribution in [-0.2, 0) is 9.53 Å². The minimum absolute atomic E-state index is 0. The number of hydrogen-bond acceptors (Lipinski definition) is 3. The van der Waals surface area contributed by atoms with Gasteiger partial charge in [-0.05, 0) is 19.3 Å². The molecule has 0 atom stereocenters. The number of unbranched alkanes of at least 4 members (excludes halogenated alkanes) is 6. The van der Waals surface area contributed by atoms with Crippen molar-refractivity contribution < 1.29 is 9.53 Å². The van der Waals surface area contributed by atoms with Crippen LogP contribution < -0.4 is 5.32 Å². The Kier molecular flexibility index (Phi) is 14.5. The second-order valence-corrected chi connectivity index (χ2v) is 6.38. The number of aliphatic imine (C=N–C) groups is 1. The maximum atomic E-state index is 11.6. The van der Waals surface area contributed by atoms with Crippen molar-refractivity contribution in [1.82, 2.24) is 10.2 Å². The highest BCUT2D eigenvalue weighted by Gasteiger charge is 2.26. The van der Waals surface area contributed by atoms with Gasteiger partial charge in [0.1, 0.15) is 0 Å². The molecule has 0 unspecified atom stereocenters. The number of rotatable bonds is 9. The number of guanidine groups is 1. The summed E-state index contributed by atoms with van der Waals surface area (Å²) in [6.45, 7) is 4.98. The van der Waals surface area contributed by atoms with Crippen molar-refractivity contribution in [2.45, 2.75) is 64.7 Å². The van der Waals surface area contributed by atoms with Gasteiger partial charge >= 0.3 is 5.97 Å². The zero-order valence-corrected chi connectivity index (χ0v) is 18.0. The van der Waals surface area contributed by atoms with Gasteiger partial charge in [-0.15, -0.1) is 24.0 Å². The maximum Gasteiger partial charge on any atom is 0.308 e. The van der Waals surface area contributed by atoms with E-state index < -0.39 is 0 Å². The molecule has 1 N–H and O–H groups in total. The first kappa shape index (κ1) is 23.5. The number of esters is 1. The first-order chi connectivity index (χ1) is 11.2. The molecule has 0 radical (unpaired) electrons. The topological polar surface area (TPSA) is 53.9 Å². The zero-order chi connectivity index (χ0) is 16.9. The number of hydrogen-bond donors (Lipinski definition) is 1. The Labute approximate surface area is 165 Å². The molecule has 142 valence electrons. The van der Waals surface area contributed by atoms with Crippen LogP contribution in [0.5, 0.6) is 0 Å². The largest absolute Gasteiger partial charge is 0.469 e. The van der Waals surface area contributed by atoms with Crippen molar-refractivity contribution in [3.05, 3.63) is 0 Å². The fourth-order valence-electron chi connectivity index (χ4n) is 3.11. The molecule has 5 nitrogen and oxygen atoms in total. The number of likely N-dealkylation sites (tertiary alicyclic amines) is 1. The minimum atomic E-state index is -0.0735. The van der Waals surface area contributed by atoms with Crippen molar-refractivity contribution >= 4 is 35.9 Å². The summed E-state index contributed by atoms with van der Waals surface area (Å²) >= 11 is 0. The Morgan fingerprint density at radius 3 is 2.25 bits per heavy atom. The third kappa shape index (κ3) is 9.08. The molecule has 0 aliphatic carbocycles. The predicted octanol–water partition coefficient (Wildman–Crippen LogP) is 3.82. The van der Waals surface area contributed by atoms with Gasteiger partial charge in [0.2, 0.25) is 0 Å². The Hall–Kier alpha value is -0.530.